The van der Waals surface area contributed by atoms with E-state index >= 15 is 0 Å². The number of nitrogens with one attached hydrogen (secondary N) is 1. The Kier molecular flexibility index (Phi) is 12.8. The van der Waals surface area contributed by atoms with Crippen LogP contribution in [0.5, 0.6) is 0 Å². The van der Waals surface area contributed by atoms with Crippen molar-refractivity contribution < 1.29 is 9.84 Å². The van der Waals surface area contributed by atoms with Gasteiger partial charge in [-0.2, -0.15) is 0 Å². The first kappa shape index (κ1) is 18.9. The van der Waals surface area contributed by atoms with Gasteiger partial charge in [-0.05, 0) is 37.6 Å². The minimum absolute atomic E-state index is 0.371. The van der Waals surface area contributed by atoms with Crippen LogP contribution in [0.2, 0.25) is 0 Å². The summed E-state index contributed by atoms with van der Waals surface area (Å²) in [6, 6.07) is 0. The molecule has 0 spiro atoms. The van der Waals surface area contributed by atoms with Gasteiger partial charge in [0.2, 0.25) is 0 Å². The highest BCUT2D eigenvalue weighted by atomic mass is 16.5. The van der Waals surface area contributed by atoms with Gasteiger partial charge in [0.25, 0.3) is 0 Å². The summed E-state index contributed by atoms with van der Waals surface area (Å²) in [7, 11) is 0. The molecule has 0 radical (unpaired) electrons. The van der Waals surface area contributed by atoms with Crippen molar-refractivity contribution in [3.63, 3.8) is 0 Å². The Hall–Kier alpha value is -0.120. The van der Waals surface area contributed by atoms with Gasteiger partial charge < -0.3 is 15.2 Å². The third-order valence-corrected chi connectivity index (χ3v) is 3.15. The fourth-order valence-corrected chi connectivity index (χ4v) is 1.94. The second kappa shape index (κ2) is 12.9. The summed E-state index contributed by atoms with van der Waals surface area (Å²) in [6.07, 6.45) is 5.68. The number of aliphatic hydroxyl groups is 1. The molecule has 0 rings (SSSR count). The molecule has 0 bridgehead atoms. The lowest BCUT2D eigenvalue weighted by Crippen LogP contribution is -2.31. The Bertz CT molecular complexity index is 184. The summed E-state index contributed by atoms with van der Waals surface area (Å²) in [6.45, 7) is 11.8. The maximum absolute atomic E-state index is 9.71. The third-order valence-electron chi connectivity index (χ3n) is 3.15. The molecule has 0 aromatic heterocycles. The molecule has 19 heavy (non-hydrogen) atoms. The van der Waals surface area contributed by atoms with Crippen LogP contribution in [0.3, 0.4) is 0 Å². The molecule has 0 saturated carbocycles. The standard InChI is InChI=1S/C16H35NO2/c1-14(2)8-5-6-10-17-12-16(18)13-19-11-7-9-15(3)4/h14-18H,5-13H2,1-4H3. The number of unbranched alkanes of at least 4 members (excludes halogenated alkanes) is 1. The van der Waals surface area contributed by atoms with E-state index in [1.807, 2.05) is 0 Å². The Morgan fingerprint density at radius 1 is 0.947 bits per heavy atom. The summed E-state index contributed by atoms with van der Waals surface area (Å²) in [5.41, 5.74) is 0. The van der Waals surface area contributed by atoms with E-state index in [0.29, 0.717) is 13.2 Å². The summed E-state index contributed by atoms with van der Waals surface area (Å²) in [5, 5.41) is 13.0. The molecule has 3 nitrogen and oxygen atoms in total. The van der Waals surface area contributed by atoms with Gasteiger partial charge in [0.05, 0.1) is 12.7 Å². The van der Waals surface area contributed by atoms with E-state index in [-0.39, 0.29) is 6.10 Å². The van der Waals surface area contributed by atoms with Crippen molar-refractivity contribution in [1.29, 1.82) is 0 Å². The first-order chi connectivity index (χ1) is 9.02. The van der Waals surface area contributed by atoms with Crippen LogP contribution in [-0.2, 0) is 4.74 Å². The van der Waals surface area contributed by atoms with Gasteiger partial charge in [-0.3, -0.25) is 0 Å². The highest BCUT2D eigenvalue weighted by molar-refractivity contribution is 4.59. The first-order valence-electron chi connectivity index (χ1n) is 7.99. The molecule has 0 aromatic rings. The SMILES string of the molecule is CC(C)CCCCNCC(O)COCCCC(C)C. The second-order valence-electron chi connectivity index (χ2n) is 6.36. The number of hydrogen-bond donors (Lipinski definition) is 2. The zero-order chi connectivity index (χ0) is 14.5. The van der Waals surface area contributed by atoms with Crippen LogP contribution in [0, 0.1) is 11.8 Å². The molecule has 0 aliphatic rings. The van der Waals surface area contributed by atoms with E-state index in [0.717, 1.165) is 31.4 Å². The van der Waals surface area contributed by atoms with E-state index < -0.39 is 0 Å². The van der Waals surface area contributed by atoms with Crippen molar-refractivity contribution in [3.8, 4) is 0 Å². The van der Waals surface area contributed by atoms with Crippen molar-refractivity contribution in [2.45, 2.75) is 65.9 Å². The van der Waals surface area contributed by atoms with Crippen LogP contribution >= 0.6 is 0 Å². The molecule has 0 saturated heterocycles. The molecule has 0 amide bonds. The first-order valence-corrected chi connectivity index (χ1v) is 7.99. The fraction of sp³-hybridized carbons (Fsp3) is 1.00. The number of hydrogen-bond acceptors (Lipinski definition) is 3. The van der Waals surface area contributed by atoms with Crippen LogP contribution in [-0.4, -0.2) is 37.5 Å². The van der Waals surface area contributed by atoms with Crippen molar-refractivity contribution in [1.82, 2.24) is 5.32 Å². The van der Waals surface area contributed by atoms with E-state index in [9.17, 15) is 5.11 Å². The molecule has 0 aliphatic heterocycles. The zero-order valence-corrected chi connectivity index (χ0v) is 13.5. The molecule has 0 heterocycles. The molecule has 3 heteroatoms. The number of ether oxygens (including phenoxy) is 1. The quantitative estimate of drug-likeness (QED) is 0.506. The summed E-state index contributed by atoms with van der Waals surface area (Å²) < 4.78 is 5.47. The van der Waals surface area contributed by atoms with Gasteiger partial charge in [0, 0.05) is 13.2 Å². The van der Waals surface area contributed by atoms with E-state index in [4.69, 9.17) is 4.74 Å². The fourth-order valence-electron chi connectivity index (χ4n) is 1.94. The van der Waals surface area contributed by atoms with Crippen molar-refractivity contribution in [3.05, 3.63) is 0 Å². The predicted molar refractivity (Wildman–Crippen MR) is 82.5 cm³/mol. The Morgan fingerprint density at radius 3 is 2.21 bits per heavy atom. The average Bonchev–Trinajstić information content (AvgIpc) is 2.32. The number of rotatable bonds is 13. The van der Waals surface area contributed by atoms with E-state index in [1.54, 1.807) is 0 Å². The Labute approximate surface area is 120 Å². The second-order valence-corrected chi connectivity index (χ2v) is 6.36. The maximum atomic E-state index is 9.71. The van der Waals surface area contributed by atoms with E-state index in [1.165, 1.54) is 25.7 Å². The normalized spacial score (nSPS) is 13.4. The maximum Gasteiger partial charge on any atom is 0.0897 e. The van der Waals surface area contributed by atoms with Gasteiger partial charge in [-0.1, -0.05) is 40.5 Å². The Morgan fingerprint density at radius 2 is 1.58 bits per heavy atom. The molecule has 116 valence electrons. The highest BCUT2D eigenvalue weighted by Crippen LogP contribution is 2.05. The van der Waals surface area contributed by atoms with Gasteiger partial charge in [0.15, 0.2) is 0 Å². The van der Waals surface area contributed by atoms with Crippen LogP contribution < -0.4 is 5.32 Å². The monoisotopic (exact) mass is 273 g/mol. The Balaban J connectivity index is 3.19. The molecule has 0 aliphatic carbocycles. The molecular weight excluding hydrogens is 238 g/mol. The minimum Gasteiger partial charge on any atom is -0.389 e. The molecule has 0 aromatic carbocycles. The number of aliphatic hydroxyl groups excluding tert-OH is 1. The zero-order valence-electron chi connectivity index (χ0n) is 13.5. The topological polar surface area (TPSA) is 41.5 Å². The smallest absolute Gasteiger partial charge is 0.0897 e. The minimum atomic E-state index is -0.371. The van der Waals surface area contributed by atoms with Crippen LogP contribution in [0.25, 0.3) is 0 Å². The van der Waals surface area contributed by atoms with Crippen molar-refractivity contribution in [2.24, 2.45) is 11.8 Å². The van der Waals surface area contributed by atoms with Crippen molar-refractivity contribution in [2.75, 3.05) is 26.3 Å². The van der Waals surface area contributed by atoms with Gasteiger partial charge >= 0.3 is 0 Å². The molecule has 1 unspecified atom stereocenters. The van der Waals surface area contributed by atoms with Gasteiger partial charge in [-0.15, -0.1) is 0 Å². The molecule has 1 atom stereocenters. The molecular formula is C16H35NO2. The average molecular weight is 273 g/mol. The third kappa shape index (κ3) is 15.8. The predicted octanol–water partition coefficient (Wildman–Crippen LogP) is 3.22. The lowest BCUT2D eigenvalue weighted by molar-refractivity contribution is 0.0348. The van der Waals surface area contributed by atoms with Crippen LogP contribution in [0.1, 0.15) is 59.8 Å². The summed E-state index contributed by atoms with van der Waals surface area (Å²) in [5.74, 6) is 1.53. The lowest BCUT2D eigenvalue weighted by Gasteiger charge is -2.13. The molecule has 0 fully saturated rings. The van der Waals surface area contributed by atoms with Gasteiger partial charge in [-0.25, -0.2) is 0 Å². The van der Waals surface area contributed by atoms with Gasteiger partial charge in [0.1, 0.15) is 0 Å². The largest absolute Gasteiger partial charge is 0.389 e. The van der Waals surface area contributed by atoms with Crippen LogP contribution in [0.15, 0.2) is 0 Å². The lowest BCUT2D eigenvalue weighted by atomic mass is 10.1. The summed E-state index contributed by atoms with van der Waals surface area (Å²) in [4.78, 5) is 0. The van der Waals surface area contributed by atoms with Crippen molar-refractivity contribution >= 4 is 0 Å². The van der Waals surface area contributed by atoms with Crippen LogP contribution in [0.4, 0.5) is 0 Å². The van der Waals surface area contributed by atoms with E-state index in [2.05, 4.69) is 33.0 Å². The highest BCUT2D eigenvalue weighted by Gasteiger charge is 2.03. The summed E-state index contributed by atoms with van der Waals surface area (Å²) >= 11 is 0. The molecule has 2 N–H and O–H groups in total.